The number of esters is 2. The molecule has 2 atom stereocenters. The summed E-state index contributed by atoms with van der Waals surface area (Å²) in [5.74, 6) is -2.74. The number of nitro groups is 1. The Balaban J connectivity index is 2.18. The fourth-order valence-electron chi connectivity index (χ4n) is 3.67. The van der Waals surface area contributed by atoms with Gasteiger partial charge in [-0.1, -0.05) is 42.5 Å². The molecule has 136 valence electrons. The lowest BCUT2D eigenvalue weighted by Gasteiger charge is -2.13. The fourth-order valence-corrected chi connectivity index (χ4v) is 3.67. The van der Waals surface area contributed by atoms with Crippen LogP contribution in [-0.4, -0.2) is 36.1 Å². The van der Waals surface area contributed by atoms with Crippen molar-refractivity contribution in [2.45, 2.75) is 25.8 Å². The molecule has 1 aliphatic rings. The van der Waals surface area contributed by atoms with Gasteiger partial charge in [-0.25, -0.2) is 0 Å². The molecule has 2 aromatic carbocycles. The molecule has 0 bridgehead atoms. The van der Waals surface area contributed by atoms with Gasteiger partial charge in [0.05, 0.1) is 19.1 Å². The summed E-state index contributed by atoms with van der Waals surface area (Å²) in [5, 5.41) is 13.3. The minimum absolute atomic E-state index is 0.0205. The summed E-state index contributed by atoms with van der Waals surface area (Å²) in [6, 6.07) is 11.3. The predicted molar refractivity (Wildman–Crippen MR) is 93.2 cm³/mol. The van der Waals surface area contributed by atoms with Crippen LogP contribution >= 0.6 is 0 Å². The number of nitrogens with zero attached hydrogens (tertiary/aromatic N) is 1. The molecule has 0 heterocycles. The second-order valence-electron chi connectivity index (χ2n) is 6.09. The van der Waals surface area contributed by atoms with E-state index in [4.69, 9.17) is 9.47 Å². The van der Waals surface area contributed by atoms with E-state index in [2.05, 4.69) is 0 Å². The summed E-state index contributed by atoms with van der Waals surface area (Å²) >= 11 is 0. The van der Waals surface area contributed by atoms with Gasteiger partial charge in [0.25, 0.3) is 0 Å². The van der Waals surface area contributed by atoms with Crippen molar-refractivity contribution in [2.75, 3.05) is 13.2 Å². The topological polar surface area (TPSA) is 95.7 Å². The first-order valence-electron chi connectivity index (χ1n) is 8.45. The highest BCUT2D eigenvalue weighted by Crippen LogP contribution is 2.63. The first-order chi connectivity index (χ1) is 12.5. The van der Waals surface area contributed by atoms with E-state index in [9.17, 15) is 19.7 Å². The van der Waals surface area contributed by atoms with Gasteiger partial charge in [-0.2, -0.15) is 0 Å². The summed E-state index contributed by atoms with van der Waals surface area (Å²) < 4.78 is 10.1. The molecule has 7 nitrogen and oxygen atoms in total. The van der Waals surface area contributed by atoms with Crippen molar-refractivity contribution in [3.05, 3.63) is 58.1 Å². The third-order valence-corrected chi connectivity index (χ3v) is 4.78. The first-order valence-corrected chi connectivity index (χ1v) is 8.45. The third kappa shape index (κ3) is 2.51. The molecule has 3 rings (SSSR count). The van der Waals surface area contributed by atoms with Gasteiger partial charge >= 0.3 is 11.9 Å². The fraction of sp³-hybridized carbons (Fsp3) is 0.368. The zero-order chi connectivity index (χ0) is 18.9. The van der Waals surface area contributed by atoms with Crippen LogP contribution in [0, 0.1) is 15.5 Å². The molecular formula is C19H19NO6. The zero-order valence-corrected chi connectivity index (χ0v) is 14.5. The van der Waals surface area contributed by atoms with Crippen molar-refractivity contribution in [1.29, 1.82) is 0 Å². The van der Waals surface area contributed by atoms with Gasteiger partial charge in [0, 0.05) is 4.92 Å². The number of ether oxygens (including phenoxy) is 2. The Bertz CT molecular complexity index is 854. The van der Waals surface area contributed by atoms with E-state index in [1.54, 1.807) is 26.0 Å². The van der Waals surface area contributed by atoms with Gasteiger partial charge in [0.15, 0.2) is 0 Å². The van der Waals surface area contributed by atoms with Crippen LogP contribution in [0.4, 0.5) is 0 Å². The average Bonchev–Trinajstić information content (AvgIpc) is 3.33. The van der Waals surface area contributed by atoms with E-state index < -0.39 is 34.2 Å². The first kappa shape index (κ1) is 17.8. The van der Waals surface area contributed by atoms with Crippen LogP contribution in [-0.2, 0) is 19.1 Å². The molecule has 2 aromatic rings. The van der Waals surface area contributed by atoms with E-state index in [-0.39, 0.29) is 13.2 Å². The average molecular weight is 357 g/mol. The quantitative estimate of drug-likeness (QED) is 0.341. The van der Waals surface area contributed by atoms with E-state index in [1.807, 2.05) is 30.3 Å². The number of benzene rings is 2. The molecule has 0 unspecified atom stereocenters. The van der Waals surface area contributed by atoms with Gasteiger partial charge in [0.1, 0.15) is 0 Å². The molecule has 1 fully saturated rings. The molecule has 0 N–H and O–H groups in total. The standard InChI is InChI=1S/C19H19NO6/c1-3-25-17(21)19(18(22)26-4-2)15(16(19)20(23)24)14-11-7-9-12-8-5-6-10-13(12)14/h5-11,15-16H,3-4H2,1-2H3/t15-,16-/m1/s1. The Morgan fingerprint density at radius 1 is 1.04 bits per heavy atom. The van der Waals surface area contributed by atoms with Crippen LogP contribution in [0.3, 0.4) is 0 Å². The number of hydrogen-bond acceptors (Lipinski definition) is 6. The molecule has 0 amide bonds. The number of carbonyl (C=O) groups is 2. The number of hydrogen-bond donors (Lipinski definition) is 0. The van der Waals surface area contributed by atoms with Gasteiger partial charge in [-0.05, 0) is 30.2 Å². The lowest BCUT2D eigenvalue weighted by atomic mass is 9.95. The zero-order valence-electron chi connectivity index (χ0n) is 14.5. The molecule has 1 saturated carbocycles. The van der Waals surface area contributed by atoms with Crippen LogP contribution in [0.5, 0.6) is 0 Å². The Kier molecular flexibility index (Phi) is 4.63. The van der Waals surface area contributed by atoms with Crippen LogP contribution in [0.15, 0.2) is 42.5 Å². The van der Waals surface area contributed by atoms with Crippen LogP contribution < -0.4 is 0 Å². The lowest BCUT2D eigenvalue weighted by molar-refractivity contribution is -0.501. The normalized spacial score (nSPS) is 20.4. The lowest BCUT2D eigenvalue weighted by Crippen LogP contribution is -2.35. The van der Waals surface area contributed by atoms with Crippen molar-refractivity contribution < 1.29 is 24.0 Å². The summed E-state index contributed by atoms with van der Waals surface area (Å²) in [6.07, 6.45) is 0. The Morgan fingerprint density at radius 2 is 1.62 bits per heavy atom. The van der Waals surface area contributed by atoms with Crippen LogP contribution in [0.1, 0.15) is 25.3 Å². The molecular weight excluding hydrogens is 338 g/mol. The van der Waals surface area contributed by atoms with E-state index in [0.29, 0.717) is 5.56 Å². The minimum Gasteiger partial charge on any atom is -0.465 e. The monoisotopic (exact) mass is 357 g/mol. The summed E-state index contributed by atoms with van der Waals surface area (Å²) in [4.78, 5) is 36.4. The maximum absolute atomic E-state index is 12.7. The van der Waals surface area contributed by atoms with Crippen LogP contribution in [0.2, 0.25) is 0 Å². The molecule has 26 heavy (non-hydrogen) atoms. The van der Waals surface area contributed by atoms with Crippen molar-refractivity contribution >= 4 is 22.7 Å². The highest BCUT2D eigenvalue weighted by atomic mass is 16.6. The number of fused-ring (bicyclic) bond motifs is 1. The van der Waals surface area contributed by atoms with Gasteiger partial charge in [-0.3, -0.25) is 19.7 Å². The Labute approximate surface area is 150 Å². The molecule has 7 heteroatoms. The maximum Gasteiger partial charge on any atom is 0.331 e. The smallest absolute Gasteiger partial charge is 0.331 e. The highest BCUT2D eigenvalue weighted by Gasteiger charge is 2.85. The maximum atomic E-state index is 12.7. The third-order valence-electron chi connectivity index (χ3n) is 4.78. The summed E-state index contributed by atoms with van der Waals surface area (Å²) in [5.41, 5.74) is -1.37. The molecule has 1 aliphatic carbocycles. The van der Waals surface area contributed by atoms with E-state index in [0.717, 1.165) is 10.8 Å². The molecule has 0 spiro atoms. The van der Waals surface area contributed by atoms with Gasteiger partial charge < -0.3 is 9.47 Å². The second-order valence-corrected chi connectivity index (χ2v) is 6.09. The van der Waals surface area contributed by atoms with Crippen molar-refractivity contribution in [3.63, 3.8) is 0 Å². The molecule has 0 radical (unpaired) electrons. The van der Waals surface area contributed by atoms with Crippen molar-refractivity contribution in [1.82, 2.24) is 0 Å². The number of carbonyl (C=O) groups excluding carboxylic acids is 2. The van der Waals surface area contributed by atoms with Crippen molar-refractivity contribution in [2.24, 2.45) is 5.41 Å². The van der Waals surface area contributed by atoms with Crippen molar-refractivity contribution in [3.8, 4) is 0 Å². The Hall–Kier alpha value is -2.96. The summed E-state index contributed by atoms with van der Waals surface area (Å²) in [7, 11) is 0. The minimum atomic E-state index is -1.94. The van der Waals surface area contributed by atoms with Gasteiger partial charge in [0.2, 0.25) is 11.5 Å². The van der Waals surface area contributed by atoms with E-state index in [1.165, 1.54) is 0 Å². The van der Waals surface area contributed by atoms with Gasteiger partial charge in [-0.15, -0.1) is 0 Å². The predicted octanol–water partition coefficient (Wildman–Crippen LogP) is 2.69. The molecule has 0 aliphatic heterocycles. The number of rotatable bonds is 6. The van der Waals surface area contributed by atoms with E-state index >= 15 is 0 Å². The van der Waals surface area contributed by atoms with Crippen LogP contribution in [0.25, 0.3) is 10.8 Å². The molecule has 0 aromatic heterocycles. The SMILES string of the molecule is CCOC(=O)C1(C(=O)OCC)[C@H](c2cccc3ccccc23)[C@H]1[N+](=O)[O-]. The summed E-state index contributed by atoms with van der Waals surface area (Å²) in [6.45, 7) is 3.22. The highest BCUT2D eigenvalue weighted by molar-refractivity contribution is 6.07. The Morgan fingerprint density at radius 3 is 2.19 bits per heavy atom. The second kappa shape index (κ2) is 6.74. The molecule has 0 saturated heterocycles. The largest absolute Gasteiger partial charge is 0.465 e.